The number of para-hydroxylation sites is 1. The van der Waals surface area contributed by atoms with Gasteiger partial charge in [0.05, 0.1) is 31.8 Å². The second kappa shape index (κ2) is 10.7. The number of hydrogen-bond donors (Lipinski definition) is 0. The number of likely N-dealkylation sites (tertiary alicyclic amines) is 1. The molecule has 1 aromatic heterocycles. The van der Waals surface area contributed by atoms with Gasteiger partial charge in [0.15, 0.2) is 0 Å². The zero-order valence-electron chi connectivity index (χ0n) is 23.2. The Morgan fingerprint density at radius 2 is 1.79 bits per heavy atom. The molecule has 38 heavy (non-hydrogen) atoms. The highest BCUT2D eigenvalue weighted by molar-refractivity contribution is 5.83. The van der Waals surface area contributed by atoms with Gasteiger partial charge < -0.3 is 14.4 Å². The first-order valence-corrected chi connectivity index (χ1v) is 13.5. The molecule has 2 aliphatic heterocycles. The minimum atomic E-state index is -0.287. The molecule has 0 bridgehead atoms. The first kappa shape index (κ1) is 26.0. The molecular weight excluding hydrogens is 476 g/mol. The Morgan fingerprint density at radius 3 is 2.47 bits per heavy atom. The highest BCUT2D eigenvalue weighted by atomic mass is 16.5. The first-order valence-electron chi connectivity index (χ1n) is 13.5. The number of carbonyl (C=O) groups is 1. The van der Waals surface area contributed by atoms with Crippen LogP contribution in [0.1, 0.15) is 43.4 Å². The van der Waals surface area contributed by atoms with Crippen molar-refractivity contribution in [3.05, 3.63) is 77.1 Å². The number of pyridine rings is 1. The third-order valence-electron chi connectivity index (χ3n) is 8.35. The standard InChI is InChI=1S/C31H38N4O3/c1-6-28-31(13-16-33(17-14-31)20-24-11-8-10-23-12-9-15-32-29(23)24)35(7-2)30(36)34(28)21-25-18-26(37-4)19-27(38-5)22(25)3/h6,8-12,15,18-19H,7,13-14,16-17,20-21H2,1-5H3/b28-6-. The average molecular weight is 515 g/mol. The van der Waals surface area contributed by atoms with E-state index in [4.69, 9.17) is 9.47 Å². The Morgan fingerprint density at radius 1 is 1.03 bits per heavy atom. The number of benzene rings is 2. The molecule has 2 aliphatic rings. The van der Waals surface area contributed by atoms with Crippen molar-refractivity contribution in [3.63, 3.8) is 0 Å². The number of hydrogen-bond acceptors (Lipinski definition) is 5. The lowest BCUT2D eigenvalue weighted by Crippen LogP contribution is -2.53. The van der Waals surface area contributed by atoms with Gasteiger partial charge in [-0.15, -0.1) is 0 Å². The van der Waals surface area contributed by atoms with Crippen molar-refractivity contribution in [2.45, 2.75) is 52.2 Å². The largest absolute Gasteiger partial charge is 0.497 e. The number of rotatable bonds is 7. The van der Waals surface area contributed by atoms with Gasteiger partial charge in [0.25, 0.3) is 0 Å². The molecule has 0 radical (unpaired) electrons. The Hall–Kier alpha value is -3.58. The highest BCUT2D eigenvalue weighted by Crippen LogP contribution is 2.45. The number of methoxy groups -OCH3 is 2. The normalized spacial score (nSPS) is 18.7. The maximum atomic E-state index is 13.8. The quantitative estimate of drug-likeness (QED) is 0.401. The van der Waals surface area contributed by atoms with Crippen molar-refractivity contribution in [1.82, 2.24) is 19.7 Å². The fraction of sp³-hybridized carbons (Fsp3) is 0.419. The number of amides is 2. The van der Waals surface area contributed by atoms with E-state index in [9.17, 15) is 4.79 Å². The number of piperidine rings is 1. The smallest absolute Gasteiger partial charge is 0.325 e. The van der Waals surface area contributed by atoms with E-state index < -0.39 is 0 Å². The zero-order valence-corrected chi connectivity index (χ0v) is 23.2. The van der Waals surface area contributed by atoms with Crippen LogP contribution < -0.4 is 9.47 Å². The summed E-state index contributed by atoms with van der Waals surface area (Å²) in [6.07, 6.45) is 5.82. The predicted molar refractivity (Wildman–Crippen MR) is 150 cm³/mol. The second-order valence-electron chi connectivity index (χ2n) is 10.2. The summed E-state index contributed by atoms with van der Waals surface area (Å²) >= 11 is 0. The molecular formula is C31H38N4O3. The molecule has 0 N–H and O–H groups in total. The molecule has 2 aromatic carbocycles. The lowest BCUT2D eigenvalue weighted by atomic mass is 9.83. The Labute approximate surface area is 225 Å². The summed E-state index contributed by atoms with van der Waals surface area (Å²) in [4.78, 5) is 25.1. The van der Waals surface area contributed by atoms with Crippen LogP contribution in [0, 0.1) is 6.92 Å². The monoisotopic (exact) mass is 514 g/mol. The number of nitrogens with zero attached hydrogens (tertiary/aromatic N) is 4. The van der Waals surface area contributed by atoms with Crippen LogP contribution >= 0.6 is 0 Å². The van der Waals surface area contributed by atoms with Crippen LogP contribution in [0.15, 0.2) is 60.4 Å². The maximum Gasteiger partial charge on any atom is 0.325 e. The third kappa shape index (κ3) is 4.39. The molecule has 3 aromatic rings. The third-order valence-corrected chi connectivity index (χ3v) is 8.35. The van der Waals surface area contributed by atoms with E-state index in [0.29, 0.717) is 13.1 Å². The molecule has 0 aliphatic carbocycles. The molecule has 0 saturated carbocycles. The van der Waals surface area contributed by atoms with Gasteiger partial charge in [-0.1, -0.05) is 30.3 Å². The summed E-state index contributed by atoms with van der Waals surface area (Å²) in [6.45, 7) is 10.1. The molecule has 0 atom stereocenters. The van der Waals surface area contributed by atoms with Crippen LogP contribution in [0.25, 0.3) is 10.9 Å². The number of carbonyl (C=O) groups excluding carboxylic acids is 1. The van der Waals surface area contributed by atoms with Crippen molar-refractivity contribution in [2.75, 3.05) is 33.9 Å². The second-order valence-corrected chi connectivity index (χ2v) is 10.2. The summed E-state index contributed by atoms with van der Waals surface area (Å²) in [5, 5.41) is 1.17. The zero-order chi connectivity index (χ0) is 26.9. The van der Waals surface area contributed by atoms with Crippen molar-refractivity contribution in [1.29, 1.82) is 0 Å². The minimum Gasteiger partial charge on any atom is -0.497 e. The van der Waals surface area contributed by atoms with Crippen LogP contribution in [0.5, 0.6) is 11.5 Å². The number of ether oxygens (including phenoxy) is 2. The Balaban J connectivity index is 1.39. The highest BCUT2D eigenvalue weighted by Gasteiger charge is 2.53. The SMILES string of the molecule is C/C=C1\N(Cc2cc(OC)cc(OC)c2C)C(=O)N(CC)C12CCN(Cc1cccc3cccnc13)CC2. The van der Waals surface area contributed by atoms with Gasteiger partial charge >= 0.3 is 6.03 Å². The molecule has 3 heterocycles. The fourth-order valence-corrected chi connectivity index (χ4v) is 6.36. The van der Waals surface area contributed by atoms with Gasteiger partial charge in [0, 0.05) is 49.5 Å². The summed E-state index contributed by atoms with van der Waals surface area (Å²) in [5.41, 5.74) is 5.21. The molecule has 2 fully saturated rings. The molecule has 5 rings (SSSR count). The lowest BCUT2D eigenvalue weighted by Gasteiger charge is -2.44. The van der Waals surface area contributed by atoms with E-state index in [1.165, 1.54) is 10.9 Å². The maximum absolute atomic E-state index is 13.8. The van der Waals surface area contributed by atoms with E-state index in [2.05, 4.69) is 59.0 Å². The van der Waals surface area contributed by atoms with E-state index in [1.807, 2.05) is 36.2 Å². The molecule has 200 valence electrons. The first-order chi connectivity index (χ1) is 18.4. The molecule has 2 saturated heterocycles. The van der Waals surface area contributed by atoms with E-state index in [-0.39, 0.29) is 11.6 Å². The lowest BCUT2D eigenvalue weighted by molar-refractivity contribution is 0.0891. The van der Waals surface area contributed by atoms with Gasteiger partial charge in [-0.2, -0.15) is 0 Å². The molecule has 0 unspecified atom stereocenters. The number of fused-ring (bicyclic) bond motifs is 1. The molecule has 7 nitrogen and oxygen atoms in total. The summed E-state index contributed by atoms with van der Waals surface area (Å²) < 4.78 is 11.1. The van der Waals surface area contributed by atoms with Gasteiger partial charge in [0.2, 0.25) is 0 Å². The van der Waals surface area contributed by atoms with Crippen LogP contribution in [0.4, 0.5) is 4.79 Å². The minimum absolute atomic E-state index is 0.0773. The average Bonchev–Trinajstić information content (AvgIpc) is 3.16. The Bertz CT molecular complexity index is 1360. The van der Waals surface area contributed by atoms with Gasteiger partial charge in [-0.25, -0.2) is 4.79 Å². The van der Waals surface area contributed by atoms with Crippen molar-refractivity contribution >= 4 is 16.9 Å². The van der Waals surface area contributed by atoms with Crippen LogP contribution in [0.3, 0.4) is 0 Å². The summed E-state index contributed by atoms with van der Waals surface area (Å²) in [5.74, 6) is 1.50. The van der Waals surface area contributed by atoms with Crippen molar-refractivity contribution in [3.8, 4) is 11.5 Å². The number of allylic oxidation sites excluding steroid dienone is 1. The van der Waals surface area contributed by atoms with Gasteiger partial charge in [-0.05, 0) is 62.4 Å². The Kier molecular flexibility index (Phi) is 7.30. The van der Waals surface area contributed by atoms with E-state index in [0.717, 1.165) is 66.3 Å². The number of urea groups is 1. The van der Waals surface area contributed by atoms with Crippen LogP contribution in [-0.4, -0.2) is 65.1 Å². The molecule has 2 amide bonds. The topological polar surface area (TPSA) is 58.1 Å². The van der Waals surface area contributed by atoms with Gasteiger partial charge in [0.1, 0.15) is 11.5 Å². The van der Waals surface area contributed by atoms with E-state index >= 15 is 0 Å². The van der Waals surface area contributed by atoms with E-state index in [1.54, 1.807) is 14.2 Å². The predicted octanol–water partition coefficient (Wildman–Crippen LogP) is 5.76. The van der Waals surface area contributed by atoms with Gasteiger partial charge in [-0.3, -0.25) is 14.8 Å². The summed E-state index contributed by atoms with van der Waals surface area (Å²) in [6, 6.07) is 14.5. The molecule has 1 spiro atoms. The van der Waals surface area contributed by atoms with Crippen molar-refractivity contribution < 1.29 is 14.3 Å². The molecule has 7 heteroatoms. The fourth-order valence-electron chi connectivity index (χ4n) is 6.36. The van der Waals surface area contributed by atoms with Crippen molar-refractivity contribution in [2.24, 2.45) is 0 Å². The van der Waals surface area contributed by atoms with Crippen LogP contribution in [-0.2, 0) is 13.1 Å². The number of likely N-dealkylation sites (N-methyl/N-ethyl adjacent to an activating group) is 1. The number of aromatic nitrogens is 1. The summed E-state index contributed by atoms with van der Waals surface area (Å²) in [7, 11) is 3.32. The van der Waals surface area contributed by atoms with Crippen LogP contribution in [0.2, 0.25) is 0 Å².